The molecule has 46 heavy (non-hydrogen) atoms. The zero-order chi connectivity index (χ0) is 33.9. The van der Waals surface area contributed by atoms with Crippen LogP contribution in [-0.4, -0.2) is 32.9 Å². The van der Waals surface area contributed by atoms with E-state index in [2.05, 4.69) is 69.0 Å². The van der Waals surface area contributed by atoms with Crippen LogP contribution < -0.4 is 9.64 Å². The van der Waals surface area contributed by atoms with Crippen LogP contribution in [0.3, 0.4) is 0 Å². The van der Waals surface area contributed by atoms with Crippen molar-refractivity contribution in [3.8, 4) is 24.0 Å². The summed E-state index contributed by atoms with van der Waals surface area (Å²) < 4.78 is 17.7. The largest absolute Gasteiger partial charge is 0.496 e. The van der Waals surface area contributed by atoms with Crippen molar-refractivity contribution >= 4 is 11.8 Å². The van der Waals surface area contributed by atoms with Crippen molar-refractivity contribution in [3.63, 3.8) is 0 Å². The van der Waals surface area contributed by atoms with Crippen LogP contribution in [0.2, 0.25) is 0 Å². The van der Waals surface area contributed by atoms with Crippen molar-refractivity contribution in [2.45, 2.75) is 85.7 Å². The molecule has 0 spiro atoms. The van der Waals surface area contributed by atoms with E-state index in [1.807, 2.05) is 44.2 Å². The second-order valence-electron chi connectivity index (χ2n) is 13.0. The number of unbranched alkanes of at least 4 members (excludes halogenated alkanes) is 2. The molecule has 0 saturated heterocycles. The molecule has 0 aromatic heterocycles. The molecule has 0 unspecified atom stereocenters. The molecule has 1 aliphatic carbocycles. The first-order valence-corrected chi connectivity index (χ1v) is 16.1. The lowest BCUT2D eigenvalue weighted by atomic mass is 9.74. The Morgan fingerprint density at radius 1 is 0.935 bits per heavy atom. The summed E-state index contributed by atoms with van der Waals surface area (Å²) in [6.07, 6.45) is 16.3. The highest BCUT2D eigenvalue weighted by Crippen LogP contribution is 2.44. The number of methoxy groups -OCH3 is 2. The smallest absolute Gasteiger partial charge is 0.172 e. The van der Waals surface area contributed by atoms with E-state index in [1.54, 1.807) is 14.2 Å². The number of benzene rings is 1. The molecule has 7 heteroatoms. The first-order chi connectivity index (χ1) is 22.0. The number of anilines is 1. The molecular formula is C39H48N4O3. The van der Waals surface area contributed by atoms with Gasteiger partial charge >= 0.3 is 0 Å². The van der Waals surface area contributed by atoms with Gasteiger partial charge in [-0.1, -0.05) is 70.9 Å². The molecule has 0 saturated carbocycles. The Labute approximate surface area is 276 Å². The minimum atomic E-state index is -0.869. The molecule has 1 aliphatic heterocycles. The highest BCUT2D eigenvalue weighted by Gasteiger charge is 2.38. The Hall–Kier alpha value is -4.67. The Kier molecular flexibility index (Phi) is 12.5. The maximum atomic E-state index is 9.88. The van der Waals surface area contributed by atoms with Gasteiger partial charge in [0.1, 0.15) is 40.9 Å². The third kappa shape index (κ3) is 8.52. The van der Waals surface area contributed by atoms with Crippen molar-refractivity contribution in [2.75, 3.05) is 32.2 Å². The molecule has 0 fully saturated rings. The molecule has 0 amide bonds. The van der Waals surface area contributed by atoms with Crippen LogP contribution in [0.4, 0.5) is 5.69 Å². The highest BCUT2D eigenvalue weighted by molar-refractivity contribution is 5.66. The van der Waals surface area contributed by atoms with Crippen molar-refractivity contribution in [1.82, 2.24) is 0 Å². The van der Waals surface area contributed by atoms with Crippen molar-refractivity contribution in [1.29, 1.82) is 15.8 Å². The summed E-state index contributed by atoms with van der Waals surface area (Å²) in [4.78, 5) is 2.46. The summed E-state index contributed by atoms with van der Waals surface area (Å²) in [7, 11) is 3.42. The van der Waals surface area contributed by atoms with Gasteiger partial charge in [-0.3, -0.25) is 0 Å². The molecule has 0 radical (unpaired) electrons. The van der Waals surface area contributed by atoms with E-state index >= 15 is 0 Å². The predicted molar refractivity (Wildman–Crippen MR) is 184 cm³/mol. The van der Waals surface area contributed by atoms with Gasteiger partial charge in [0.25, 0.3) is 0 Å². The number of hydrogen-bond acceptors (Lipinski definition) is 7. The summed E-state index contributed by atoms with van der Waals surface area (Å²) in [5.41, 5.74) is 4.06. The second-order valence-corrected chi connectivity index (χ2v) is 13.0. The van der Waals surface area contributed by atoms with Crippen LogP contribution in [0.15, 0.2) is 81.9 Å². The van der Waals surface area contributed by atoms with E-state index < -0.39 is 5.60 Å². The van der Waals surface area contributed by atoms with E-state index in [4.69, 9.17) is 14.2 Å². The van der Waals surface area contributed by atoms with E-state index in [1.165, 1.54) is 5.69 Å². The minimum Gasteiger partial charge on any atom is -0.496 e. The topological polar surface area (TPSA) is 102 Å². The molecular weight excluding hydrogens is 572 g/mol. The lowest BCUT2D eigenvalue weighted by Crippen LogP contribution is -2.25. The van der Waals surface area contributed by atoms with Crippen molar-refractivity contribution in [2.24, 2.45) is 5.41 Å². The monoisotopic (exact) mass is 620 g/mol. The summed E-state index contributed by atoms with van der Waals surface area (Å²) in [5, 5.41) is 28.6. The average molecular weight is 621 g/mol. The lowest BCUT2D eigenvalue weighted by molar-refractivity contribution is 0.0954. The zero-order valence-corrected chi connectivity index (χ0v) is 28.8. The van der Waals surface area contributed by atoms with Gasteiger partial charge < -0.3 is 19.1 Å². The maximum absolute atomic E-state index is 9.88. The fourth-order valence-electron chi connectivity index (χ4n) is 6.03. The SMILES string of the molecule is CCCCN(CCCC)c1ccc(C=CC2=C(OC)C(=CC=CC3=C(C#N)C(=C(C#N)C#N)OC3(C)C)CC(C)(C)C2)c(OC)c1. The summed E-state index contributed by atoms with van der Waals surface area (Å²) in [6, 6.07) is 12.3. The molecule has 2 aliphatic rings. The highest BCUT2D eigenvalue weighted by atomic mass is 16.5. The van der Waals surface area contributed by atoms with E-state index in [0.29, 0.717) is 5.57 Å². The van der Waals surface area contributed by atoms with Gasteiger partial charge in [-0.25, -0.2) is 0 Å². The lowest BCUT2D eigenvalue weighted by Gasteiger charge is -2.33. The van der Waals surface area contributed by atoms with E-state index in [9.17, 15) is 15.8 Å². The van der Waals surface area contributed by atoms with Gasteiger partial charge in [-0.15, -0.1) is 0 Å². The number of nitrogens with zero attached hydrogens (tertiary/aromatic N) is 4. The molecule has 0 bridgehead atoms. The zero-order valence-electron chi connectivity index (χ0n) is 28.8. The van der Waals surface area contributed by atoms with Crippen LogP contribution in [0.1, 0.15) is 85.6 Å². The third-order valence-corrected chi connectivity index (χ3v) is 8.36. The first-order valence-electron chi connectivity index (χ1n) is 16.1. The first kappa shape index (κ1) is 35.8. The van der Waals surface area contributed by atoms with Crippen LogP contribution in [-0.2, 0) is 9.47 Å². The van der Waals surface area contributed by atoms with E-state index in [0.717, 1.165) is 79.8 Å². The van der Waals surface area contributed by atoms with Gasteiger partial charge in [-0.05, 0) is 68.2 Å². The normalized spacial score (nSPS) is 18.0. The Bertz CT molecular complexity index is 1570. The molecule has 1 heterocycles. The molecule has 3 rings (SSSR count). The Morgan fingerprint density at radius 2 is 1.61 bits per heavy atom. The summed E-state index contributed by atoms with van der Waals surface area (Å²) in [6.45, 7) is 14.6. The number of allylic oxidation sites excluding steroid dienone is 7. The number of nitriles is 3. The summed E-state index contributed by atoms with van der Waals surface area (Å²) in [5.74, 6) is 1.70. The fourth-order valence-corrected chi connectivity index (χ4v) is 6.03. The summed E-state index contributed by atoms with van der Waals surface area (Å²) >= 11 is 0. The van der Waals surface area contributed by atoms with Gasteiger partial charge in [-0.2, -0.15) is 15.8 Å². The van der Waals surface area contributed by atoms with Crippen LogP contribution in [0, 0.1) is 39.4 Å². The van der Waals surface area contributed by atoms with Crippen LogP contribution >= 0.6 is 0 Å². The van der Waals surface area contributed by atoms with Gasteiger partial charge in [0.15, 0.2) is 11.3 Å². The van der Waals surface area contributed by atoms with Crippen molar-refractivity contribution in [3.05, 3.63) is 87.5 Å². The number of rotatable bonds is 13. The van der Waals surface area contributed by atoms with Gasteiger partial charge in [0, 0.05) is 36.0 Å². The minimum absolute atomic E-state index is 0.00833. The van der Waals surface area contributed by atoms with Gasteiger partial charge in [0.05, 0.1) is 14.2 Å². The molecule has 7 nitrogen and oxygen atoms in total. The van der Waals surface area contributed by atoms with Crippen LogP contribution in [0.25, 0.3) is 6.08 Å². The quantitative estimate of drug-likeness (QED) is 0.203. The number of hydrogen-bond donors (Lipinski definition) is 0. The fraction of sp³-hybridized carbons (Fsp3) is 0.462. The molecule has 1 aromatic carbocycles. The second kappa shape index (κ2) is 16.1. The third-order valence-electron chi connectivity index (χ3n) is 8.36. The van der Waals surface area contributed by atoms with Crippen molar-refractivity contribution < 1.29 is 14.2 Å². The Balaban J connectivity index is 2.00. The standard InChI is InChI=1S/C39H48N4O3/c1-9-11-20-43(21-12-10-2)32-19-18-28(35(22-32)44-7)16-17-30-24-38(3,4)23-29(36(30)45-8)14-13-15-34-33(27-42)37(31(25-40)26-41)46-39(34,5)6/h13-19,22H,9-12,20-21,23-24H2,1-8H3. The molecule has 242 valence electrons. The molecule has 0 N–H and O–H groups in total. The molecule has 0 atom stereocenters. The van der Waals surface area contributed by atoms with Gasteiger partial charge in [0.2, 0.25) is 0 Å². The molecule has 1 aromatic rings. The predicted octanol–water partition coefficient (Wildman–Crippen LogP) is 9.25. The maximum Gasteiger partial charge on any atom is 0.172 e. The average Bonchev–Trinajstić information content (AvgIpc) is 3.28. The Morgan fingerprint density at radius 3 is 2.17 bits per heavy atom. The number of ether oxygens (including phenoxy) is 3. The van der Waals surface area contributed by atoms with Crippen LogP contribution in [0.5, 0.6) is 5.75 Å². The van der Waals surface area contributed by atoms with E-state index in [-0.39, 0.29) is 22.3 Å².